The van der Waals surface area contributed by atoms with Gasteiger partial charge in [-0.2, -0.15) is 0 Å². The third-order valence-corrected chi connectivity index (χ3v) is 0.664. The van der Waals surface area contributed by atoms with Crippen LogP contribution in [0.4, 0.5) is 0 Å². The maximum atomic E-state index is 4.68. The standard InChI is InChI=1S/C2H6BO2.Li/c1-4-3-5-2;/h1-2H3;/q+1;-1. The molecule has 0 atom stereocenters. The summed E-state index contributed by atoms with van der Waals surface area (Å²) in [6.45, 7) is 0. The summed E-state index contributed by atoms with van der Waals surface area (Å²) in [5.41, 5.74) is -0.0648. The van der Waals surface area contributed by atoms with Crippen LogP contribution in [0.25, 0.3) is 0 Å². The molecular formula is C2H6BLiO2. The molecule has 30 valence electrons. The van der Waals surface area contributed by atoms with E-state index >= 15 is 0 Å². The van der Waals surface area contributed by atoms with Crippen LogP contribution >= 0.6 is 0 Å². The van der Waals surface area contributed by atoms with Crippen LogP contribution in [0.1, 0.15) is 0 Å². The van der Waals surface area contributed by atoms with E-state index in [2.05, 4.69) is 9.31 Å². The first-order valence-electron chi connectivity index (χ1n) is 1.87. The van der Waals surface area contributed by atoms with Gasteiger partial charge in [-0.25, -0.2) is 0 Å². The molecule has 0 unspecified atom stereocenters. The fraction of sp³-hybridized carbons (Fsp3) is 1.00. The molecule has 0 aliphatic carbocycles. The van der Waals surface area contributed by atoms with Crippen LogP contribution < -0.4 is 0 Å². The molecular weight excluding hydrogens is 73.8 g/mol. The molecule has 0 bridgehead atoms. The van der Waals surface area contributed by atoms with E-state index in [9.17, 15) is 0 Å². The molecule has 0 saturated heterocycles. The zero-order chi connectivity index (χ0) is 4.99. The number of hydrogen-bond donors (Lipinski definition) is 0. The average Bonchev–Trinajstić information content (AvgIpc) is 1.65. The summed E-state index contributed by atoms with van der Waals surface area (Å²) >= 11 is 1.83. The fourth-order valence-corrected chi connectivity index (χ4v) is 0.0962. The average molecular weight is 79.8 g/mol. The Morgan fingerprint density at radius 3 is 1.67 bits per heavy atom. The van der Waals surface area contributed by atoms with E-state index in [0.29, 0.717) is 0 Å². The van der Waals surface area contributed by atoms with Gasteiger partial charge in [-0.15, -0.1) is 0 Å². The van der Waals surface area contributed by atoms with Gasteiger partial charge in [-0.05, 0) is 0 Å². The summed E-state index contributed by atoms with van der Waals surface area (Å²) in [6.07, 6.45) is 0. The molecule has 0 spiro atoms. The molecule has 0 aliphatic rings. The van der Waals surface area contributed by atoms with Crippen molar-refractivity contribution in [3.05, 3.63) is 0 Å². The van der Waals surface area contributed by atoms with E-state index in [-0.39, 0.29) is 5.69 Å². The number of rotatable bonds is 2. The van der Waals surface area contributed by atoms with Gasteiger partial charge < -0.3 is 0 Å². The Balaban J connectivity index is 2.75. The second-order valence-electron chi connectivity index (χ2n) is 1.04. The molecule has 0 rings (SSSR count). The van der Waals surface area contributed by atoms with Crippen molar-refractivity contribution in [2.45, 2.75) is 0 Å². The fourth-order valence-electron chi connectivity index (χ4n) is 0.0962. The van der Waals surface area contributed by atoms with Crippen molar-refractivity contribution in [2.24, 2.45) is 0 Å². The van der Waals surface area contributed by atoms with Gasteiger partial charge in [-0.3, -0.25) is 0 Å². The van der Waals surface area contributed by atoms with Crippen LogP contribution in [0.3, 0.4) is 0 Å². The molecule has 0 N–H and O–H groups in total. The van der Waals surface area contributed by atoms with E-state index in [4.69, 9.17) is 0 Å². The summed E-state index contributed by atoms with van der Waals surface area (Å²) in [4.78, 5) is 0. The molecule has 0 radical (unpaired) electrons. The molecule has 0 heterocycles. The quantitative estimate of drug-likeness (QED) is 0.413. The Labute approximate surface area is 47.4 Å². The van der Waals surface area contributed by atoms with Gasteiger partial charge in [-0.1, -0.05) is 0 Å². The summed E-state index contributed by atoms with van der Waals surface area (Å²) < 4.78 is 9.35. The third kappa shape index (κ3) is 2.80. The topological polar surface area (TPSA) is 18.5 Å². The first-order chi connectivity index (χ1) is 2.81. The monoisotopic (exact) mass is 80.1 g/mol. The van der Waals surface area contributed by atoms with Crippen molar-refractivity contribution >= 4 is 23.2 Å². The van der Waals surface area contributed by atoms with Gasteiger partial charge in [0.1, 0.15) is 0 Å². The summed E-state index contributed by atoms with van der Waals surface area (Å²) in [7, 11) is 3.21. The van der Waals surface area contributed by atoms with Crippen molar-refractivity contribution in [1.29, 1.82) is 0 Å². The Hall–Kier alpha value is 0.582. The Morgan fingerprint density at radius 2 is 1.67 bits per heavy atom. The van der Waals surface area contributed by atoms with Gasteiger partial charge in [0.25, 0.3) is 0 Å². The van der Waals surface area contributed by atoms with Crippen molar-refractivity contribution in [1.82, 2.24) is 0 Å². The molecule has 2 nitrogen and oxygen atoms in total. The predicted octanol–water partition coefficient (Wildman–Crippen LogP) is -0.567. The molecule has 0 aliphatic heterocycles. The first-order valence-corrected chi connectivity index (χ1v) is 1.87. The van der Waals surface area contributed by atoms with Crippen LogP contribution in [0.5, 0.6) is 0 Å². The van der Waals surface area contributed by atoms with Crippen LogP contribution in [-0.2, 0) is 9.31 Å². The predicted molar refractivity (Wildman–Crippen MR) is 25.5 cm³/mol. The van der Waals surface area contributed by atoms with Crippen LogP contribution in [0, 0.1) is 0 Å². The molecule has 0 fully saturated rings. The van der Waals surface area contributed by atoms with Crippen LogP contribution in [0.15, 0.2) is 0 Å². The summed E-state index contributed by atoms with van der Waals surface area (Å²) in [6, 6.07) is 0. The molecule has 6 heavy (non-hydrogen) atoms. The van der Waals surface area contributed by atoms with Gasteiger partial charge in [0.05, 0.1) is 0 Å². The molecule has 0 amide bonds. The zero-order valence-electron chi connectivity index (χ0n) is 4.39. The van der Waals surface area contributed by atoms with Crippen molar-refractivity contribution < 1.29 is 9.31 Å². The first kappa shape index (κ1) is 6.58. The molecule has 0 saturated carbocycles. The van der Waals surface area contributed by atoms with E-state index < -0.39 is 0 Å². The summed E-state index contributed by atoms with van der Waals surface area (Å²) in [5.74, 6) is 0. The van der Waals surface area contributed by atoms with E-state index in [1.165, 1.54) is 0 Å². The Bertz CT molecular complexity index is 30.7. The number of hydrogen-bond acceptors (Lipinski definition) is 2. The van der Waals surface area contributed by atoms with E-state index in [1.54, 1.807) is 14.2 Å². The van der Waals surface area contributed by atoms with Gasteiger partial charge in [0.2, 0.25) is 0 Å². The van der Waals surface area contributed by atoms with Crippen molar-refractivity contribution in [3.8, 4) is 0 Å². The molecule has 0 aromatic rings. The Kier molecular flexibility index (Phi) is 4.13. The van der Waals surface area contributed by atoms with Gasteiger partial charge in [0.15, 0.2) is 0 Å². The second kappa shape index (κ2) is 3.76. The molecule has 0 aromatic heterocycles. The Morgan fingerprint density at radius 1 is 1.33 bits per heavy atom. The van der Waals surface area contributed by atoms with Gasteiger partial charge >= 0.3 is 46.7 Å². The van der Waals surface area contributed by atoms with Crippen LogP contribution in [-0.4, -0.2) is 37.4 Å². The minimum atomic E-state index is -0.0648. The normalized spacial score (nSPS) is 8.67. The van der Waals surface area contributed by atoms with E-state index in [1.807, 2.05) is 17.5 Å². The SMILES string of the molecule is [Li][B](OC)OC. The molecule has 0 aromatic carbocycles. The van der Waals surface area contributed by atoms with Crippen molar-refractivity contribution in [3.63, 3.8) is 0 Å². The minimum absolute atomic E-state index is 0.0648. The van der Waals surface area contributed by atoms with E-state index in [0.717, 1.165) is 0 Å². The van der Waals surface area contributed by atoms with Crippen LogP contribution in [0.2, 0.25) is 0 Å². The van der Waals surface area contributed by atoms with Crippen molar-refractivity contribution in [2.75, 3.05) is 14.2 Å². The third-order valence-electron chi connectivity index (χ3n) is 0.664. The zero-order valence-corrected chi connectivity index (χ0v) is 4.39. The molecule has 4 heteroatoms. The maximum absolute atomic E-state index is 4.68. The summed E-state index contributed by atoms with van der Waals surface area (Å²) in [5, 5.41) is 0. The second-order valence-corrected chi connectivity index (χ2v) is 1.04. The van der Waals surface area contributed by atoms with Gasteiger partial charge in [0, 0.05) is 0 Å².